The number of halogens is 1. The summed E-state index contributed by atoms with van der Waals surface area (Å²) < 4.78 is 1.04. The van der Waals surface area contributed by atoms with Crippen molar-refractivity contribution >= 4 is 15.9 Å². The molecule has 0 amide bonds. The van der Waals surface area contributed by atoms with Gasteiger partial charge in [-0.2, -0.15) is 0 Å². The third-order valence-corrected chi connectivity index (χ3v) is 4.71. The van der Waals surface area contributed by atoms with Crippen LogP contribution in [-0.4, -0.2) is 11.0 Å². The highest BCUT2D eigenvalue weighted by Crippen LogP contribution is 2.55. The molecule has 92 valence electrons. The second-order valence-electron chi connectivity index (χ2n) is 5.48. The van der Waals surface area contributed by atoms with Gasteiger partial charge in [0.1, 0.15) is 0 Å². The Morgan fingerprint density at radius 1 is 1.35 bits per heavy atom. The van der Waals surface area contributed by atoms with Gasteiger partial charge in [-0.05, 0) is 71.0 Å². The fourth-order valence-corrected chi connectivity index (χ4v) is 3.69. The summed E-state index contributed by atoms with van der Waals surface area (Å²) in [6, 6.07) is 2.53. The van der Waals surface area contributed by atoms with Crippen molar-refractivity contribution in [1.82, 2.24) is 10.4 Å². The van der Waals surface area contributed by atoms with Gasteiger partial charge in [0.15, 0.2) is 0 Å². The fraction of sp³-hybridized carbons (Fsp3) is 0.615. The molecule has 1 heterocycles. The maximum absolute atomic E-state index is 5.72. The SMILES string of the molecule is NNC(Cc1cncc(Br)c1)C1CC2CC2C1. The van der Waals surface area contributed by atoms with Gasteiger partial charge in [0.05, 0.1) is 0 Å². The number of hydrazine groups is 1. The minimum Gasteiger partial charge on any atom is -0.271 e. The van der Waals surface area contributed by atoms with Gasteiger partial charge < -0.3 is 0 Å². The van der Waals surface area contributed by atoms with E-state index in [0.29, 0.717) is 6.04 Å². The largest absolute Gasteiger partial charge is 0.271 e. The Morgan fingerprint density at radius 3 is 2.76 bits per heavy atom. The molecule has 2 fully saturated rings. The number of pyridine rings is 1. The van der Waals surface area contributed by atoms with Crippen LogP contribution in [0.2, 0.25) is 0 Å². The third kappa shape index (κ3) is 2.54. The highest BCUT2D eigenvalue weighted by Gasteiger charge is 2.47. The Labute approximate surface area is 110 Å². The van der Waals surface area contributed by atoms with Crippen molar-refractivity contribution in [2.24, 2.45) is 23.6 Å². The smallest absolute Gasteiger partial charge is 0.0410 e. The van der Waals surface area contributed by atoms with Crippen molar-refractivity contribution in [1.29, 1.82) is 0 Å². The van der Waals surface area contributed by atoms with Crippen molar-refractivity contribution in [3.05, 3.63) is 28.5 Å². The van der Waals surface area contributed by atoms with E-state index < -0.39 is 0 Å². The number of nitrogens with one attached hydrogen (secondary N) is 1. The predicted molar refractivity (Wildman–Crippen MR) is 71.1 cm³/mol. The van der Waals surface area contributed by atoms with Crippen LogP contribution in [-0.2, 0) is 6.42 Å². The molecule has 0 saturated heterocycles. The molecule has 3 unspecified atom stereocenters. The standard InChI is InChI=1S/C13H18BrN3/c14-12-1-8(6-16-7-12)2-13(17-15)11-4-9-3-10(9)5-11/h1,6-7,9-11,13,17H,2-5,15H2. The van der Waals surface area contributed by atoms with E-state index in [1.54, 1.807) is 0 Å². The normalized spacial score (nSPS) is 32.2. The summed E-state index contributed by atoms with van der Waals surface area (Å²) >= 11 is 3.46. The third-order valence-electron chi connectivity index (χ3n) is 4.28. The molecule has 0 bridgehead atoms. The Balaban J connectivity index is 1.65. The van der Waals surface area contributed by atoms with E-state index in [4.69, 9.17) is 5.84 Å². The van der Waals surface area contributed by atoms with Crippen LogP contribution in [0.4, 0.5) is 0 Å². The van der Waals surface area contributed by atoms with Gasteiger partial charge in [0.2, 0.25) is 0 Å². The van der Waals surface area contributed by atoms with Crippen LogP contribution in [0.25, 0.3) is 0 Å². The summed E-state index contributed by atoms with van der Waals surface area (Å²) in [6.45, 7) is 0. The lowest BCUT2D eigenvalue weighted by Gasteiger charge is -2.24. The maximum atomic E-state index is 5.72. The fourth-order valence-electron chi connectivity index (χ4n) is 3.27. The van der Waals surface area contributed by atoms with Crippen molar-refractivity contribution in [3.8, 4) is 0 Å². The van der Waals surface area contributed by atoms with E-state index in [0.717, 1.165) is 28.6 Å². The molecule has 1 aromatic heterocycles. The first-order valence-electron chi connectivity index (χ1n) is 6.32. The van der Waals surface area contributed by atoms with Crippen molar-refractivity contribution in [2.45, 2.75) is 31.7 Å². The number of hydrogen-bond donors (Lipinski definition) is 2. The first-order valence-corrected chi connectivity index (χ1v) is 7.11. The molecule has 0 aromatic carbocycles. The monoisotopic (exact) mass is 295 g/mol. The lowest BCUT2D eigenvalue weighted by atomic mass is 9.90. The Kier molecular flexibility index (Phi) is 3.19. The van der Waals surface area contributed by atoms with E-state index in [1.165, 1.54) is 24.8 Å². The molecular weight excluding hydrogens is 278 g/mol. The molecule has 1 aromatic rings. The number of nitrogens with two attached hydrogens (primary N) is 1. The molecule has 3 nitrogen and oxygen atoms in total. The Hall–Kier alpha value is -0.450. The number of aromatic nitrogens is 1. The number of nitrogens with zero attached hydrogens (tertiary/aromatic N) is 1. The molecule has 0 radical (unpaired) electrons. The minimum atomic E-state index is 0.402. The molecule has 2 aliphatic rings. The highest BCUT2D eigenvalue weighted by atomic mass is 79.9. The van der Waals surface area contributed by atoms with Gasteiger partial charge in [-0.25, -0.2) is 0 Å². The van der Waals surface area contributed by atoms with E-state index in [2.05, 4.69) is 32.4 Å². The van der Waals surface area contributed by atoms with E-state index >= 15 is 0 Å². The summed E-state index contributed by atoms with van der Waals surface area (Å²) in [4.78, 5) is 4.21. The first-order chi connectivity index (χ1) is 8.26. The van der Waals surface area contributed by atoms with Gasteiger partial charge in [0, 0.05) is 22.9 Å². The summed E-state index contributed by atoms with van der Waals surface area (Å²) in [6.07, 6.45) is 8.92. The van der Waals surface area contributed by atoms with Crippen LogP contribution in [0.5, 0.6) is 0 Å². The van der Waals surface area contributed by atoms with Crippen molar-refractivity contribution in [2.75, 3.05) is 0 Å². The number of hydrogen-bond acceptors (Lipinski definition) is 3. The molecule has 2 aliphatic carbocycles. The molecule has 0 spiro atoms. The molecule has 4 heteroatoms. The van der Waals surface area contributed by atoms with Crippen LogP contribution in [0, 0.1) is 17.8 Å². The highest BCUT2D eigenvalue weighted by molar-refractivity contribution is 9.10. The van der Waals surface area contributed by atoms with E-state index in [9.17, 15) is 0 Å². The van der Waals surface area contributed by atoms with Gasteiger partial charge in [-0.1, -0.05) is 0 Å². The van der Waals surface area contributed by atoms with Crippen LogP contribution >= 0.6 is 15.9 Å². The number of rotatable bonds is 4. The first kappa shape index (κ1) is 11.6. The van der Waals surface area contributed by atoms with Gasteiger partial charge in [0.25, 0.3) is 0 Å². The minimum absolute atomic E-state index is 0.402. The quantitative estimate of drug-likeness (QED) is 0.662. The Morgan fingerprint density at radius 2 is 2.12 bits per heavy atom. The topological polar surface area (TPSA) is 50.9 Å². The average Bonchev–Trinajstić information content (AvgIpc) is 2.93. The zero-order chi connectivity index (χ0) is 11.8. The lowest BCUT2D eigenvalue weighted by Crippen LogP contribution is -2.42. The molecule has 3 atom stereocenters. The zero-order valence-electron chi connectivity index (χ0n) is 9.77. The summed E-state index contributed by atoms with van der Waals surface area (Å²) in [5.41, 5.74) is 4.26. The van der Waals surface area contributed by atoms with Crippen LogP contribution in [0.15, 0.2) is 22.9 Å². The molecule has 0 aliphatic heterocycles. The Bertz CT molecular complexity index is 399. The van der Waals surface area contributed by atoms with Crippen molar-refractivity contribution < 1.29 is 0 Å². The number of fused-ring (bicyclic) bond motifs is 1. The lowest BCUT2D eigenvalue weighted by molar-refractivity contribution is 0.335. The van der Waals surface area contributed by atoms with Gasteiger partial charge in [-0.15, -0.1) is 0 Å². The maximum Gasteiger partial charge on any atom is 0.0410 e. The molecule has 3 N–H and O–H groups in total. The molecule has 17 heavy (non-hydrogen) atoms. The van der Waals surface area contributed by atoms with Crippen LogP contribution in [0.3, 0.4) is 0 Å². The molecule has 2 saturated carbocycles. The zero-order valence-corrected chi connectivity index (χ0v) is 11.4. The van der Waals surface area contributed by atoms with Crippen LogP contribution < -0.4 is 11.3 Å². The second kappa shape index (κ2) is 4.67. The van der Waals surface area contributed by atoms with E-state index in [1.807, 2.05) is 12.4 Å². The van der Waals surface area contributed by atoms with E-state index in [-0.39, 0.29) is 0 Å². The molecule has 3 rings (SSSR count). The average molecular weight is 296 g/mol. The second-order valence-corrected chi connectivity index (χ2v) is 6.39. The molecular formula is C13H18BrN3. The van der Waals surface area contributed by atoms with Gasteiger partial charge in [-0.3, -0.25) is 16.3 Å². The van der Waals surface area contributed by atoms with Crippen molar-refractivity contribution in [3.63, 3.8) is 0 Å². The summed E-state index contributed by atoms with van der Waals surface area (Å²) in [5.74, 6) is 8.49. The predicted octanol–water partition coefficient (Wildman–Crippen LogP) is 2.26. The van der Waals surface area contributed by atoms with Crippen LogP contribution in [0.1, 0.15) is 24.8 Å². The summed E-state index contributed by atoms with van der Waals surface area (Å²) in [7, 11) is 0. The summed E-state index contributed by atoms with van der Waals surface area (Å²) in [5, 5.41) is 0. The van der Waals surface area contributed by atoms with Gasteiger partial charge >= 0.3 is 0 Å².